The lowest BCUT2D eigenvalue weighted by Gasteiger charge is -2.06. The molecule has 4 aromatic rings. The molecule has 0 aliphatic heterocycles. The van der Waals surface area contributed by atoms with Gasteiger partial charge in [-0.2, -0.15) is 5.10 Å². The number of aryl methyl sites for hydroxylation is 1. The molecule has 2 N–H and O–H groups in total. The molecule has 0 aliphatic carbocycles. The van der Waals surface area contributed by atoms with Gasteiger partial charge in [-0.3, -0.25) is 9.67 Å². The van der Waals surface area contributed by atoms with Gasteiger partial charge in [0.05, 0.1) is 22.1 Å². The molecule has 4 rings (SSSR count). The van der Waals surface area contributed by atoms with Crippen LogP contribution in [0.3, 0.4) is 0 Å². The van der Waals surface area contributed by atoms with Crippen LogP contribution in [0.1, 0.15) is 13.3 Å². The number of nitrogens with zero attached hydrogens (tertiary/aromatic N) is 4. The molecule has 0 aliphatic rings. The second-order valence-corrected chi connectivity index (χ2v) is 6.71. The van der Waals surface area contributed by atoms with Gasteiger partial charge in [0.1, 0.15) is 11.5 Å². The maximum absolute atomic E-state index is 5.98. The van der Waals surface area contributed by atoms with Gasteiger partial charge in [-0.05, 0) is 24.6 Å². The monoisotopic (exact) mass is 351 g/mol. The fourth-order valence-electron chi connectivity index (χ4n) is 2.60. The number of aromatic nitrogens is 4. The Hall–Kier alpha value is -2.93. The number of benzene rings is 1. The van der Waals surface area contributed by atoms with Gasteiger partial charge >= 0.3 is 0 Å². The SMILES string of the molecule is CCCn1cc(-c2cc(Oc3ccc4nc(N)sc4c3)ccn2)cn1. The smallest absolute Gasteiger partial charge is 0.181 e. The highest BCUT2D eigenvalue weighted by atomic mass is 32.1. The van der Waals surface area contributed by atoms with E-state index in [1.165, 1.54) is 11.3 Å². The Morgan fingerprint density at radius 1 is 1.20 bits per heavy atom. The van der Waals surface area contributed by atoms with E-state index >= 15 is 0 Å². The number of anilines is 1. The molecule has 3 aromatic heterocycles. The van der Waals surface area contributed by atoms with Gasteiger partial charge in [0.15, 0.2) is 5.13 Å². The van der Waals surface area contributed by atoms with Gasteiger partial charge in [0.2, 0.25) is 0 Å². The van der Waals surface area contributed by atoms with E-state index in [0.29, 0.717) is 5.13 Å². The summed E-state index contributed by atoms with van der Waals surface area (Å²) in [6.07, 6.45) is 6.61. The van der Waals surface area contributed by atoms with Crippen LogP contribution >= 0.6 is 11.3 Å². The van der Waals surface area contributed by atoms with Crippen molar-refractivity contribution in [3.8, 4) is 22.8 Å². The normalized spacial score (nSPS) is 11.1. The van der Waals surface area contributed by atoms with E-state index in [2.05, 4.69) is 22.0 Å². The second kappa shape index (κ2) is 6.52. The average molecular weight is 351 g/mol. The van der Waals surface area contributed by atoms with Gasteiger partial charge in [-0.25, -0.2) is 4.98 Å². The van der Waals surface area contributed by atoms with Crippen LogP contribution in [0, 0.1) is 0 Å². The highest BCUT2D eigenvalue weighted by Gasteiger charge is 2.07. The molecule has 25 heavy (non-hydrogen) atoms. The van der Waals surface area contributed by atoms with Gasteiger partial charge in [-0.15, -0.1) is 0 Å². The lowest BCUT2D eigenvalue weighted by molar-refractivity contribution is 0.483. The molecule has 0 unspecified atom stereocenters. The maximum atomic E-state index is 5.98. The van der Waals surface area contributed by atoms with Crippen LogP contribution in [0.4, 0.5) is 5.13 Å². The fraction of sp³-hybridized carbons (Fsp3) is 0.167. The standard InChI is InChI=1S/C18H17N5OS/c1-2-7-23-11-12(10-21-23)16-8-14(5-6-20-16)24-13-3-4-15-17(9-13)25-18(19)22-15/h3-6,8-11H,2,7H2,1H3,(H2,19,22). The van der Waals surface area contributed by atoms with Crippen LogP contribution in [0.25, 0.3) is 21.5 Å². The van der Waals surface area contributed by atoms with Crippen LogP contribution in [0.5, 0.6) is 11.5 Å². The maximum Gasteiger partial charge on any atom is 0.181 e. The number of ether oxygens (including phenoxy) is 1. The minimum atomic E-state index is 0.558. The van der Waals surface area contributed by atoms with Gasteiger partial charge in [-0.1, -0.05) is 18.3 Å². The second-order valence-electron chi connectivity index (χ2n) is 5.65. The predicted octanol–water partition coefficient (Wildman–Crippen LogP) is 4.34. The van der Waals surface area contributed by atoms with Crippen molar-refractivity contribution in [2.75, 3.05) is 5.73 Å². The minimum Gasteiger partial charge on any atom is -0.457 e. The van der Waals surface area contributed by atoms with Crippen molar-refractivity contribution >= 4 is 26.7 Å². The summed E-state index contributed by atoms with van der Waals surface area (Å²) in [5, 5.41) is 4.91. The summed E-state index contributed by atoms with van der Waals surface area (Å²) in [7, 11) is 0. The Balaban J connectivity index is 1.59. The molecule has 3 heterocycles. The third-order valence-electron chi connectivity index (χ3n) is 3.73. The van der Waals surface area contributed by atoms with Crippen molar-refractivity contribution in [2.45, 2.75) is 19.9 Å². The van der Waals surface area contributed by atoms with Gasteiger partial charge < -0.3 is 10.5 Å². The van der Waals surface area contributed by atoms with Crippen LogP contribution in [0.2, 0.25) is 0 Å². The first-order valence-corrected chi connectivity index (χ1v) is 8.86. The van der Waals surface area contributed by atoms with E-state index in [-0.39, 0.29) is 0 Å². The highest BCUT2D eigenvalue weighted by Crippen LogP contribution is 2.31. The molecule has 7 heteroatoms. The topological polar surface area (TPSA) is 78.9 Å². The predicted molar refractivity (Wildman–Crippen MR) is 99.9 cm³/mol. The molecule has 0 saturated heterocycles. The number of pyridine rings is 1. The number of nitrogen functional groups attached to an aromatic ring is 1. The number of hydrogen-bond acceptors (Lipinski definition) is 6. The van der Waals surface area contributed by atoms with Crippen LogP contribution in [0.15, 0.2) is 48.9 Å². The number of rotatable bonds is 5. The number of fused-ring (bicyclic) bond motifs is 1. The highest BCUT2D eigenvalue weighted by molar-refractivity contribution is 7.22. The summed E-state index contributed by atoms with van der Waals surface area (Å²) in [5.74, 6) is 1.47. The largest absolute Gasteiger partial charge is 0.457 e. The molecular weight excluding hydrogens is 334 g/mol. The van der Waals surface area contributed by atoms with E-state index < -0.39 is 0 Å². The van der Waals surface area contributed by atoms with E-state index in [9.17, 15) is 0 Å². The Bertz CT molecular complexity index is 1020. The zero-order valence-corrected chi connectivity index (χ0v) is 14.5. The zero-order valence-electron chi connectivity index (χ0n) is 13.7. The van der Waals surface area contributed by atoms with E-state index in [0.717, 1.165) is 45.9 Å². The Morgan fingerprint density at radius 3 is 2.96 bits per heavy atom. The number of nitrogens with two attached hydrogens (primary N) is 1. The number of thiazole rings is 1. The Labute approximate surface area is 148 Å². The van der Waals surface area contributed by atoms with Crippen LogP contribution < -0.4 is 10.5 Å². The molecule has 6 nitrogen and oxygen atoms in total. The molecule has 1 aromatic carbocycles. The first kappa shape index (κ1) is 15.6. The van der Waals surface area contributed by atoms with Crippen molar-refractivity contribution in [2.24, 2.45) is 0 Å². The lowest BCUT2D eigenvalue weighted by Crippen LogP contribution is -1.95. The van der Waals surface area contributed by atoms with Crippen LogP contribution in [-0.2, 0) is 6.54 Å². The molecule has 126 valence electrons. The third-order valence-corrected chi connectivity index (χ3v) is 4.57. The quantitative estimate of drug-likeness (QED) is 0.578. The van der Waals surface area contributed by atoms with E-state index in [1.807, 2.05) is 47.4 Å². The summed E-state index contributed by atoms with van der Waals surface area (Å²) < 4.78 is 8.91. The summed E-state index contributed by atoms with van der Waals surface area (Å²) in [6, 6.07) is 9.50. The van der Waals surface area contributed by atoms with Crippen molar-refractivity contribution in [3.05, 3.63) is 48.9 Å². The fourth-order valence-corrected chi connectivity index (χ4v) is 3.36. The number of hydrogen-bond donors (Lipinski definition) is 1. The average Bonchev–Trinajstić information content (AvgIpc) is 3.21. The first-order valence-electron chi connectivity index (χ1n) is 8.04. The molecule has 0 spiro atoms. The first-order chi connectivity index (χ1) is 12.2. The lowest BCUT2D eigenvalue weighted by atomic mass is 10.2. The Kier molecular flexibility index (Phi) is 4.07. The Morgan fingerprint density at radius 2 is 2.08 bits per heavy atom. The van der Waals surface area contributed by atoms with Crippen molar-refractivity contribution in [1.82, 2.24) is 19.7 Å². The summed E-state index contributed by atoms with van der Waals surface area (Å²) in [4.78, 5) is 8.67. The van der Waals surface area contributed by atoms with Crippen molar-refractivity contribution < 1.29 is 4.74 Å². The molecule has 0 radical (unpaired) electrons. The molecular formula is C18H17N5OS. The van der Waals surface area contributed by atoms with Gasteiger partial charge in [0.25, 0.3) is 0 Å². The third kappa shape index (κ3) is 3.32. The zero-order chi connectivity index (χ0) is 17.2. The van der Waals surface area contributed by atoms with Crippen molar-refractivity contribution in [3.63, 3.8) is 0 Å². The molecule has 0 saturated carbocycles. The van der Waals surface area contributed by atoms with E-state index in [4.69, 9.17) is 10.5 Å². The van der Waals surface area contributed by atoms with Gasteiger partial charge in [0, 0.05) is 36.6 Å². The molecule has 0 fully saturated rings. The minimum absolute atomic E-state index is 0.558. The molecule has 0 atom stereocenters. The summed E-state index contributed by atoms with van der Waals surface area (Å²) in [5.41, 5.74) is 8.45. The molecule has 0 bridgehead atoms. The van der Waals surface area contributed by atoms with Crippen molar-refractivity contribution in [1.29, 1.82) is 0 Å². The summed E-state index contributed by atoms with van der Waals surface area (Å²) >= 11 is 1.45. The van der Waals surface area contributed by atoms with E-state index in [1.54, 1.807) is 6.20 Å². The van der Waals surface area contributed by atoms with Crippen LogP contribution in [-0.4, -0.2) is 19.7 Å². The summed E-state index contributed by atoms with van der Waals surface area (Å²) in [6.45, 7) is 3.02. The molecule has 0 amide bonds.